The van der Waals surface area contributed by atoms with Crippen LogP contribution in [0.2, 0.25) is 0 Å². The first kappa shape index (κ1) is 33.3. The molecular formula is C32H43N7O3S. The number of nitrogens with one attached hydrogen (secondary N) is 2. The number of piperidine rings is 1. The van der Waals surface area contributed by atoms with Gasteiger partial charge in [-0.2, -0.15) is 0 Å². The van der Waals surface area contributed by atoms with Gasteiger partial charge in [0.05, 0.1) is 12.8 Å². The monoisotopic (exact) mass is 605 g/mol. The van der Waals surface area contributed by atoms with Crippen LogP contribution in [0.3, 0.4) is 0 Å². The molecule has 230 valence electrons. The molecule has 1 aromatic heterocycles. The number of hydrogen-bond acceptors (Lipinski definition) is 8. The third-order valence-corrected chi connectivity index (χ3v) is 7.75. The first-order valence-electron chi connectivity index (χ1n) is 14.7. The molecule has 0 radical (unpaired) electrons. The van der Waals surface area contributed by atoms with Crippen LogP contribution in [-0.2, 0) is 33.8 Å². The van der Waals surface area contributed by atoms with Gasteiger partial charge in [0.15, 0.2) is 0 Å². The maximum absolute atomic E-state index is 12.6. The largest absolute Gasteiger partial charge is 0.402 e. The van der Waals surface area contributed by atoms with Crippen molar-refractivity contribution in [1.29, 1.82) is 0 Å². The number of likely N-dealkylation sites (tertiary alicyclic amines) is 1. The number of unbranched alkanes of at least 4 members (excludes halogenated alkanes) is 1. The highest BCUT2D eigenvalue weighted by Gasteiger charge is 2.18. The smallest absolute Gasteiger partial charge is 0.230 e. The van der Waals surface area contributed by atoms with Crippen LogP contribution >= 0.6 is 11.3 Å². The van der Waals surface area contributed by atoms with Gasteiger partial charge in [-0.3, -0.25) is 14.4 Å². The van der Waals surface area contributed by atoms with E-state index in [0.29, 0.717) is 30.2 Å². The summed E-state index contributed by atoms with van der Waals surface area (Å²) in [6, 6.07) is 7.82. The number of carbonyl (C=O) groups excluding carboxylic acids is 3. The van der Waals surface area contributed by atoms with Gasteiger partial charge < -0.3 is 27.0 Å². The Balaban J connectivity index is 1.37. The molecule has 0 saturated carbocycles. The van der Waals surface area contributed by atoms with Crippen molar-refractivity contribution < 1.29 is 14.4 Å². The number of benzene rings is 1. The van der Waals surface area contributed by atoms with Gasteiger partial charge in [-0.15, -0.1) is 10.2 Å². The minimum absolute atomic E-state index is 0.157. The Morgan fingerprint density at radius 2 is 1.88 bits per heavy atom. The molecule has 10 nitrogen and oxygen atoms in total. The fraction of sp³-hybridized carbons (Fsp3) is 0.406. The van der Waals surface area contributed by atoms with E-state index in [4.69, 9.17) is 11.5 Å². The molecule has 2 heterocycles. The Morgan fingerprint density at radius 1 is 1.07 bits per heavy atom. The van der Waals surface area contributed by atoms with Gasteiger partial charge >= 0.3 is 0 Å². The van der Waals surface area contributed by atoms with Gasteiger partial charge in [-0.05, 0) is 74.8 Å². The van der Waals surface area contributed by atoms with E-state index in [9.17, 15) is 14.4 Å². The lowest BCUT2D eigenvalue weighted by Crippen LogP contribution is -2.34. The molecule has 11 heteroatoms. The van der Waals surface area contributed by atoms with Crippen molar-refractivity contribution in [1.82, 2.24) is 20.4 Å². The van der Waals surface area contributed by atoms with Gasteiger partial charge in [0.2, 0.25) is 22.9 Å². The van der Waals surface area contributed by atoms with Crippen molar-refractivity contribution in [3.05, 3.63) is 87.9 Å². The first-order chi connectivity index (χ1) is 20.7. The molecule has 2 aromatic rings. The Hall–Kier alpha value is -4.25. The number of rotatable bonds is 15. The van der Waals surface area contributed by atoms with Gasteiger partial charge in [-0.25, -0.2) is 0 Å². The second-order valence-corrected chi connectivity index (χ2v) is 11.5. The van der Waals surface area contributed by atoms with Crippen LogP contribution in [0.1, 0.15) is 74.9 Å². The molecule has 0 unspecified atom stereocenters. The number of aromatic nitrogens is 2. The molecule has 1 aliphatic heterocycles. The fourth-order valence-corrected chi connectivity index (χ4v) is 5.43. The highest BCUT2D eigenvalue weighted by Crippen LogP contribution is 2.19. The summed E-state index contributed by atoms with van der Waals surface area (Å²) in [5.41, 5.74) is 15.5. The number of amides is 3. The Labute approximate surface area is 258 Å². The molecule has 1 aliphatic rings. The van der Waals surface area contributed by atoms with E-state index in [1.165, 1.54) is 11.3 Å². The lowest BCUT2D eigenvalue weighted by atomic mass is 10.1. The summed E-state index contributed by atoms with van der Waals surface area (Å²) in [6.45, 7) is 5.15. The number of hydrogen-bond donors (Lipinski definition) is 4. The van der Waals surface area contributed by atoms with Crippen LogP contribution < -0.4 is 22.1 Å². The van der Waals surface area contributed by atoms with Gasteiger partial charge in [0, 0.05) is 31.6 Å². The molecule has 43 heavy (non-hydrogen) atoms. The topological polar surface area (TPSA) is 156 Å². The summed E-state index contributed by atoms with van der Waals surface area (Å²) in [6.07, 6.45) is 15.2. The number of carbonyl (C=O) groups is 3. The second-order valence-electron chi connectivity index (χ2n) is 10.5. The van der Waals surface area contributed by atoms with Crippen LogP contribution in [-0.4, -0.2) is 39.4 Å². The van der Waals surface area contributed by atoms with Gasteiger partial charge in [0.25, 0.3) is 0 Å². The first-order valence-corrected chi connectivity index (χ1v) is 15.5. The van der Waals surface area contributed by atoms with Gasteiger partial charge in [-0.1, -0.05) is 53.8 Å². The van der Waals surface area contributed by atoms with E-state index >= 15 is 0 Å². The molecular weight excluding hydrogens is 562 g/mol. The number of allylic oxidation sites excluding steroid dienone is 6. The Morgan fingerprint density at radius 3 is 2.65 bits per heavy atom. The van der Waals surface area contributed by atoms with Gasteiger partial charge in [0.1, 0.15) is 10.8 Å². The summed E-state index contributed by atoms with van der Waals surface area (Å²) in [5.74, 6) is 0.0980. The molecule has 0 atom stereocenters. The second kappa shape index (κ2) is 17.6. The van der Waals surface area contributed by atoms with Crippen LogP contribution in [0.5, 0.6) is 0 Å². The molecule has 1 fully saturated rings. The number of anilines is 1. The summed E-state index contributed by atoms with van der Waals surface area (Å²) < 4.78 is 0. The van der Waals surface area contributed by atoms with E-state index in [-0.39, 0.29) is 36.4 Å². The standard InChI is InChI=1S/C32H43N7O3S/c1-3-10-23(4-2)20-28(40)35-27(34)17-16-26(33)13-5-6-14-30-37-38-32(43-30)36-29(41)21-24-11-9-12-25(19-24)22-39-18-8-7-15-31(39)42/h3-4,9-12,16-17,19H,5-8,13-15,18,20-22,33-34H2,1-2H3,(H,35,40)(H,36,38,41)/b10-3-,23-4+,26-16-,27-17+. The molecule has 3 amide bonds. The zero-order valence-electron chi connectivity index (χ0n) is 25.1. The normalized spacial score (nSPS) is 14.8. The summed E-state index contributed by atoms with van der Waals surface area (Å²) >= 11 is 1.37. The molecule has 1 saturated heterocycles. The third-order valence-electron chi connectivity index (χ3n) is 6.85. The third kappa shape index (κ3) is 12.3. The van der Waals surface area contributed by atoms with E-state index in [0.717, 1.165) is 60.4 Å². The minimum atomic E-state index is -0.185. The SMILES string of the molecule is C/C=C\C(=C/C)CC(=O)N/C(N)=C/C=C(\N)CCCCc1nnc(NC(=O)Cc2cccc(CN3CCCCC3=O)c2)s1. The maximum atomic E-state index is 12.6. The van der Waals surface area contributed by atoms with Crippen molar-refractivity contribution in [3.63, 3.8) is 0 Å². The van der Waals surface area contributed by atoms with E-state index in [1.54, 1.807) is 12.2 Å². The fourth-order valence-electron chi connectivity index (χ4n) is 4.63. The van der Waals surface area contributed by atoms with E-state index in [1.807, 2.05) is 61.2 Å². The zero-order valence-corrected chi connectivity index (χ0v) is 25.9. The number of aryl methyl sites for hydroxylation is 1. The van der Waals surface area contributed by atoms with Crippen molar-refractivity contribution in [2.45, 2.75) is 78.2 Å². The molecule has 0 bridgehead atoms. The van der Waals surface area contributed by atoms with Crippen LogP contribution in [0, 0.1) is 0 Å². The maximum Gasteiger partial charge on any atom is 0.230 e. The van der Waals surface area contributed by atoms with Crippen molar-refractivity contribution >= 4 is 34.2 Å². The van der Waals surface area contributed by atoms with Crippen LogP contribution in [0.25, 0.3) is 0 Å². The summed E-state index contributed by atoms with van der Waals surface area (Å²) in [7, 11) is 0. The van der Waals surface area contributed by atoms with Crippen molar-refractivity contribution in [3.8, 4) is 0 Å². The average Bonchev–Trinajstić information content (AvgIpc) is 3.42. The molecule has 0 aliphatic carbocycles. The highest BCUT2D eigenvalue weighted by atomic mass is 32.1. The van der Waals surface area contributed by atoms with Crippen LogP contribution in [0.4, 0.5) is 5.13 Å². The summed E-state index contributed by atoms with van der Waals surface area (Å²) in [5, 5.41) is 15.1. The lowest BCUT2D eigenvalue weighted by Gasteiger charge is -2.26. The van der Waals surface area contributed by atoms with E-state index < -0.39 is 0 Å². The Kier molecular flexibility index (Phi) is 13.6. The predicted octanol–water partition coefficient (Wildman–Crippen LogP) is 4.62. The quantitative estimate of drug-likeness (QED) is 0.171. The molecule has 0 spiro atoms. The molecule has 1 aromatic carbocycles. The minimum Gasteiger partial charge on any atom is -0.402 e. The predicted molar refractivity (Wildman–Crippen MR) is 171 cm³/mol. The van der Waals surface area contributed by atoms with Crippen molar-refractivity contribution in [2.24, 2.45) is 11.5 Å². The number of nitrogens with zero attached hydrogens (tertiary/aromatic N) is 3. The zero-order chi connectivity index (χ0) is 31.0. The molecule has 6 N–H and O–H groups in total. The number of nitrogens with two attached hydrogens (primary N) is 2. The Bertz CT molecular complexity index is 1380. The van der Waals surface area contributed by atoms with Crippen LogP contribution in [0.15, 0.2) is 71.7 Å². The van der Waals surface area contributed by atoms with E-state index in [2.05, 4.69) is 20.8 Å². The average molecular weight is 606 g/mol. The lowest BCUT2D eigenvalue weighted by molar-refractivity contribution is -0.133. The van der Waals surface area contributed by atoms with Crippen molar-refractivity contribution in [2.75, 3.05) is 11.9 Å². The highest BCUT2D eigenvalue weighted by molar-refractivity contribution is 7.15. The molecule has 3 rings (SSSR count). The summed E-state index contributed by atoms with van der Waals surface area (Å²) in [4.78, 5) is 38.8.